The molecule has 1 aromatic heterocycles. The summed E-state index contributed by atoms with van der Waals surface area (Å²) in [5, 5.41) is 10.3. The lowest BCUT2D eigenvalue weighted by atomic mass is 10.1. The molecule has 8 heteroatoms. The summed E-state index contributed by atoms with van der Waals surface area (Å²) in [7, 11) is 1.54. The van der Waals surface area contributed by atoms with Crippen LogP contribution in [0.1, 0.15) is 34.6 Å². The third-order valence-electron chi connectivity index (χ3n) is 4.44. The fraction of sp³-hybridized carbons (Fsp3) is 0.174. The van der Waals surface area contributed by atoms with Crippen LogP contribution in [0.25, 0.3) is 0 Å². The van der Waals surface area contributed by atoms with Crippen LogP contribution in [0.4, 0.5) is 11.4 Å². The van der Waals surface area contributed by atoms with Crippen molar-refractivity contribution in [1.29, 1.82) is 0 Å². The van der Waals surface area contributed by atoms with Crippen molar-refractivity contribution in [3.63, 3.8) is 0 Å². The van der Waals surface area contributed by atoms with E-state index in [0.717, 1.165) is 4.88 Å². The molecule has 0 aliphatic heterocycles. The van der Waals surface area contributed by atoms with E-state index in [2.05, 4.69) is 16.0 Å². The smallest absolute Gasteiger partial charge is 0.255 e. The van der Waals surface area contributed by atoms with Gasteiger partial charge in [-0.15, -0.1) is 11.3 Å². The molecule has 0 saturated carbocycles. The first-order chi connectivity index (χ1) is 15.0. The number of methoxy groups -OCH3 is 1. The minimum absolute atomic E-state index is 0.107. The summed E-state index contributed by atoms with van der Waals surface area (Å²) in [5.41, 5.74) is 1.58. The number of amides is 3. The summed E-state index contributed by atoms with van der Waals surface area (Å²) in [6, 6.07) is 17.1. The molecule has 2 aromatic carbocycles. The van der Waals surface area contributed by atoms with E-state index >= 15 is 0 Å². The van der Waals surface area contributed by atoms with Crippen LogP contribution in [0.2, 0.25) is 0 Å². The second-order valence-electron chi connectivity index (χ2n) is 6.75. The number of para-hydroxylation sites is 2. The molecule has 0 bridgehead atoms. The molecule has 0 unspecified atom stereocenters. The zero-order chi connectivity index (χ0) is 22.2. The number of hydrogen-bond donors (Lipinski definition) is 3. The zero-order valence-corrected chi connectivity index (χ0v) is 18.0. The van der Waals surface area contributed by atoms with Gasteiger partial charge in [0.25, 0.3) is 5.91 Å². The Morgan fingerprint density at radius 3 is 2.35 bits per heavy atom. The van der Waals surface area contributed by atoms with Crippen molar-refractivity contribution in [2.75, 3.05) is 17.7 Å². The molecular formula is C23H23N3O4S. The highest BCUT2D eigenvalue weighted by Crippen LogP contribution is 2.25. The molecular weight excluding hydrogens is 414 g/mol. The first-order valence-electron chi connectivity index (χ1n) is 9.61. The Bertz CT molecular complexity index is 1050. The quantitative estimate of drug-likeness (QED) is 0.492. The fourth-order valence-electron chi connectivity index (χ4n) is 3.00. The Morgan fingerprint density at radius 1 is 0.968 bits per heavy atom. The Balaban J connectivity index is 1.61. The average Bonchev–Trinajstić information content (AvgIpc) is 3.29. The third-order valence-corrected chi connectivity index (χ3v) is 5.43. The van der Waals surface area contributed by atoms with E-state index in [1.54, 1.807) is 42.5 Å². The van der Waals surface area contributed by atoms with Crippen molar-refractivity contribution >= 4 is 40.4 Å². The van der Waals surface area contributed by atoms with Crippen molar-refractivity contribution in [1.82, 2.24) is 5.32 Å². The molecule has 7 nitrogen and oxygen atoms in total. The van der Waals surface area contributed by atoms with Gasteiger partial charge in [-0.1, -0.05) is 18.2 Å². The van der Waals surface area contributed by atoms with Crippen molar-refractivity contribution < 1.29 is 19.1 Å². The van der Waals surface area contributed by atoms with Gasteiger partial charge in [-0.3, -0.25) is 14.4 Å². The highest BCUT2D eigenvalue weighted by atomic mass is 32.1. The minimum atomic E-state index is -0.386. The SMILES string of the molecule is COc1ccccc1NC(=O)c1ccc(NC(=O)C[C@H](NC(C)=O)c2cccs2)cc1. The molecule has 1 heterocycles. The maximum absolute atomic E-state index is 12.5. The lowest BCUT2D eigenvalue weighted by Gasteiger charge is -2.16. The summed E-state index contributed by atoms with van der Waals surface area (Å²) in [6.07, 6.45) is 0.107. The van der Waals surface area contributed by atoms with Gasteiger partial charge < -0.3 is 20.7 Å². The molecule has 3 aromatic rings. The first kappa shape index (κ1) is 22.0. The van der Waals surface area contributed by atoms with E-state index in [1.807, 2.05) is 23.6 Å². The maximum Gasteiger partial charge on any atom is 0.255 e. The number of thiophene rings is 1. The highest BCUT2D eigenvalue weighted by molar-refractivity contribution is 7.10. The molecule has 0 aliphatic rings. The summed E-state index contributed by atoms with van der Waals surface area (Å²) >= 11 is 1.48. The molecule has 0 fully saturated rings. The Hall–Kier alpha value is -3.65. The monoisotopic (exact) mass is 437 g/mol. The Kier molecular flexibility index (Phi) is 7.40. The van der Waals surface area contributed by atoms with E-state index in [9.17, 15) is 14.4 Å². The number of benzene rings is 2. The fourth-order valence-corrected chi connectivity index (χ4v) is 3.78. The molecule has 160 valence electrons. The second-order valence-corrected chi connectivity index (χ2v) is 7.73. The number of rotatable bonds is 8. The molecule has 0 spiro atoms. The van der Waals surface area contributed by atoms with Crippen LogP contribution in [-0.4, -0.2) is 24.8 Å². The van der Waals surface area contributed by atoms with Crippen molar-refractivity contribution in [2.45, 2.75) is 19.4 Å². The molecule has 1 atom stereocenters. The van der Waals surface area contributed by atoms with Gasteiger partial charge in [0.1, 0.15) is 5.75 Å². The van der Waals surface area contributed by atoms with Gasteiger partial charge in [0, 0.05) is 23.1 Å². The molecule has 3 rings (SSSR count). The van der Waals surface area contributed by atoms with Gasteiger partial charge in [0.2, 0.25) is 11.8 Å². The van der Waals surface area contributed by atoms with Gasteiger partial charge >= 0.3 is 0 Å². The molecule has 0 radical (unpaired) electrons. The van der Waals surface area contributed by atoms with Gasteiger partial charge in [-0.25, -0.2) is 0 Å². The Morgan fingerprint density at radius 2 is 1.71 bits per heavy atom. The van der Waals surface area contributed by atoms with E-state index in [4.69, 9.17) is 4.74 Å². The highest BCUT2D eigenvalue weighted by Gasteiger charge is 2.18. The number of hydrogen-bond acceptors (Lipinski definition) is 5. The Labute approximate surface area is 184 Å². The van der Waals surface area contributed by atoms with Crippen LogP contribution in [0.5, 0.6) is 5.75 Å². The molecule has 3 N–H and O–H groups in total. The number of ether oxygens (including phenoxy) is 1. The number of nitrogens with one attached hydrogen (secondary N) is 3. The molecule has 31 heavy (non-hydrogen) atoms. The van der Waals surface area contributed by atoms with Gasteiger partial charge in [0.15, 0.2) is 0 Å². The van der Waals surface area contributed by atoms with E-state index < -0.39 is 0 Å². The second kappa shape index (κ2) is 10.4. The predicted octanol–water partition coefficient (Wildman–Crippen LogP) is 4.22. The first-order valence-corrected chi connectivity index (χ1v) is 10.5. The summed E-state index contributed by atoms with van der Waals surface area (Å²) in [5.74, 6) is -0.153. The van der Waals surface area contributed by atoms with Crippen LogP contribution in [0.3, 0.4) is 0 Å². The van der Waals surface area contributed by atoms with E-state index in [1.165, 1.54) is 25.4 Å². The normalized spacial score (nSPS) is 11.3. The molecule has 0 saturated heterocycles. The topological polar surface area (TPSA) is 96.5 Å². The molecule has 0 aliphatic carbocycles. The van der Waals surface area contributed by atoms with Gasteiger partial charge in [-0.05, 0) is 47.8 Å². The van der Waals surface area contributed by atoms with Gasteiger partial charge in [-0.2, -0.15) is 0 Å². The zero-order valence-electron chi connectivity index (χ0n) is 17.2. The van der Waals surface area contributed by atoms with E-state index in [-0.39, 0.29) is 30.2 Å². The summed E-state index contributed by atoms with van der Waals surface area (Å²) < 4.78 is 5.24. The van der Waals surface area contributed by atoms with Crippen molar-refractivity contribution in [2.24, 2.45) is 0 Å². The average molecular weight is 438 g/mol. The van der Waals surface area contributed by atoms with Crippen molar-refractivity contribution in [3.05, 3.63) is 76.5 Å². The summed E-state index contributed by atoms with van der Waals surface area (Å²) in [6.45, 7) is 1.42. The van der Waals surface area contributed by atoms with Crippen LogP contribution < -0.4 is 20.7 Å². The van der Waals surface area contributed by atoms with Crippen LogP contribution in [0, 0.1) is 0 Å². The maximum atomic E-state index is 12.5. The van der Waals surface area contributed by atoms with E-state index in [0.29, 0.717) is 22.7 Å². The number of carbonyl (C=O) groups is 3. The van der Waals surface area contributed by atoms with Crippen LogP contribution in [-0.2, 0) is 9.59 Å². The lowest BCUT2D eigenvalue weighted by molar-refractivity contribution is -0.120. The van der Waals surface area contributed by atoms with Crippen molar-refractivity contribution in [3.8, 4) is 5.75 Å². The third kappa shape index (κ3) is 6.16. The number of anilines is 2. The summed E-state index contributed by atoms with van der Waals surface area (Å²) in [4.78, 5) is 37.4. The van der Waals surface area contributed by atoms with Crippen LogP contribution in [0.15, 0.2) is 66.0 Å². The minimum Gasteiger partial charge on any atom is -0.495 e. The van der Waals surface area contributed by atoms with Gasteiger partial charge in [0.05, 0.1) is 25.3 Å². The number of carbonyl (C=O) groups excluding carboxylic acids is 3. The van der Waals surface area contributed by atoms with Crippen LogP contribution >= 0.6 is 11.3 Å². The lowest BCUT2D eigenvalue weighted by Crippen LogP contribution is -2.29. The standard InChI is InChI=1S/C23H23N3O4S/c1-15(27)24-19(21-8-5-13-31-21)14-22(28)25-17-11-9-16(10-12-17)23(29)26-18-6-3-4-7-20(18)30-2/h3-13,19H,14H2,1-2H3,(H,24,27)(H,25,28)(H,26,29)/t19-/m0/s1. The predicted molar refractivity (Wildman–Crippen MR) is 122 cm³/mol. The molecule has 3 amide bonds. The largest absolute Gasteiger partial charge is 0.495 e.